The number of nitrogen functional groups attached to an aromatic ring is 1. The summed E-state index contributed by atoms with van der Waals surface area (Å²) in [6, 6.07) is 5.77. The molecule has 0 aliphatic heterocycles. The number of aromatic amines is 1. The number of rotatable bonds is 1. The number of nitrogens with zero attached hydrogens (tertiary/aromatic N) is 1. The second-order valence-corrected chi connectivity index (χ2v) is 4.58. The first kappa shape index (κ1) is 9.31. The largest absolute Gasteiger partial charge is 0.384 e. The Kier molecular flexibility index (Phi) is 2.32. The fourth-order valence-electron chi connectivity index (χ4n) is 1.15. The molecular formula is C9H6BrN3S. The van der Waals surface area contributed by atoms with Crippen molar-refractivity contribution in [2.75, 3.05) is 5.73 Å². The number of nitriles is 1. The van der Waals surface area contributed by atoms with E-state index in [1.807, 2.05) is 17.5 Å². The van der Waals surface area contributed by atoms with Crippen LogP contribution in [0, 0.1) is 11.3 Å². The van der Waals surface area contributed by atoms with Gasteiger partial charge >= 0.3 is 0 Å². The van der Waals surface area contributed by atoms with Crippen molar-refractivity contribution in [1.82, 2.24) is 4.98 Å². The van der Waals surface area contributed by atoms with Crippen LogP contribution >= 0.6 is 27.3 Å². The third-order valence-electron chi connectivity index (χ3n) is 1.80. The average molecular weight is 268 g/mol. The van der Waals surface area contributed by atoms with E-state index in [1.54, 1.807) is 17.4 Å². The first-order valence-corrected chi connectivity index (χ1v) is 5.51. The van der Waals surface area contributed by atoms with Gasteiger partial charge in [-0.2, -0.15) is 5.26 Å². The molecule has 5 heteroatoms. The number of nitrogens with two attached hydrogens (primary N) is 1. The summed E-state index contributed by atoms with van der Waals surface area (Å²) in [5, 5.41) is 10.7. The monoisotopic (exact) mass is 267 g/mol. The Morgan fingerprint density at radius 3 is 2.79 bits per heavy atom. The van der Waals surface area contributed by atoms with Crippen LogP contribution in [0.2, 0.25) is 0 Å². The maximum absolute atomic E-state index is 8.73. The minimum Gasteiger partial charge on any atom is -0.384 e. The first-order valence-electron chi connectivity index (χ1n) is 3.83. The van der Waals surface area contributed by atoms with Gasteiger partial charge in [0.25, 0.3) is 0 Å². The van der Waals surface area contributed by atoms with E-state index in [4.69, 9.17) is 11.0 Å². The number of H-pyrrole nitrogens is 1. The van der Waals surface area contributed by atoms with Gasteiger partial charge < -0.3 is 10.7 Å². The van der Waals surface area contributed by atoms with E-state index in [-0.39, 0.29) is 0 Å². The molecular weight excluding hydrogens is 262 g/mol. The fourth-order valence-corrected chi connectivity index (χ4v) is 2.55. The highest BCUT2D eigenvalue weighted by atomic mass is 79.9. The van der Waals surface area contributed by atoms with E-state index in [2.05, 4.69) is 20.9 Å². The highest BCUT2D eigenvalue weighted by Gasteiger charge is 2.07. The summed E-state index contributed by atoms with van der Waals surface area (Å²) in [5.41, 5.74) is 6.99. The number of thiophene rings is 1. The van der Waals surface area contributed by atoms with Gasteiger partial charge in [-0.25, -0.2) is 0 Å². The summed E-state index contributed by atoms with van der Waals surface area (Å²) < 4.78 is 1.03. The van der Waals surface area contributed by atoms with Gasteiger partial charge in [0.1, 0.15) is 11.9 Å². The number of hydrogen-bond donors (Lipinski definition) is 2. The summed E-state index contributed by atoms with van der Waals surface area (Å²) in [5.74, 6) is 0.423. The van der Waals surface area contributed by atoms with E-state index in [0.717, 1.165) is 15.0 Å². The van der Waals surface area contributed by atoms with Crippen LogP contribution in [-0.2, 0) is 0 Å². The molecule has 2 rings (SSSR count). The quantitative estimate of drug-likeness (QED) is 0.835. The van der Waals surface area contributed by atoms with Gasteiger partial charge in [-0.3, -0.25) is 0 Å². The summed E-state index contributed by atoms with van der Waals surface area (Å²) in [4.78, 5) is 4.03. The lowest BCUT2D eigenvalue weighted by atomic mass is 10.3. The Morgan fingerprint density at radius 1 is 1.50 bits per heavy atom. The number of nitrogens with one attached hydrogen (secondary N) is 1. The smallest absolute Gasteiger partial charge is 0.119 e. The molecule has 0 saturated heterocycles. The van der Waals surface area contributed by atoms with Gasteiger partial charge in [-0.15, -0.1) is 11.3 Å². The predicted octanol–water partition coefficient (Wildman–Crippen LogP) is 2.96. The highest BCUT2D eigenvalue weighted by molar-refractivity contribution is 9.10. The van der Waals surface area contributed by atoms with E-state index >= 15 is 0 Å². The van der Waals surface area contributed by atoms with Gasteiger partial charge in [0.2, 0.25) is 0 Å². The van der Waals surface area contributed by atoms with Gasteiger partial charge in [-0.1, -0.05) is 0 Å². The fraction of sp³-hybridized carbons (Fsp3) is 0. The van der Waals surface area contributed by atoms with E-state index in [0.29, 0.717) is 11.4 Å². The molecule has 0 unspecified atom stereocenters. The van der Waals surface area contributed by atoms with Gasteiger partial charge in [-0.05, 0) is 28.1 Å². The number of halogens is 1. The first-order chi connectivity index (χ1) is 6.70. The molecule has 0 saturated carbocycles. The second kappa shape index (κ2) is 3.48. The lowest BCUT2D eigenvalue weighted by Crippen LogP contribution is -1.86. The summed E-state index contributed by atoms with van der Waals surface area (Å²) >= 11 is 4.96. The molecule has 0 fully saturated rings. The molecule has 0 bridgehead atoms. The van der Waals surface area contributed by atoms with Gasteiger partial charge in [0, 0.05) is 9.85 Å². The molecule has 2 heterocycles. The number of anilines is 1. The van der Waals surface area contributed by atoms with Crippen molar-refractivity contribution in [1.29, 1.82) is 5.26 Å². The molecule has 0 atom stereocenters. The third kappa shape index (κ3) is 1.54. The van der Waals surface area contributed by atoms with Crippen molar-refractivity contribution >= 4 is 33.1 Å². The lowest BCUT2D eigenvalue weighted by molar-refractivity contribution is 1.41. The molecule has 0 radical (unpaired) electrons. The van der Waals surface area contributed by atoms with Crippen molar-refractivity contribution in [2.45, 2.75) is 0 Å². The predicted molar refractivity (Wildman–Crippen MR) is 60.9 cm³/mol. The molecule has 2 aromatic heterocycles. The maximum atomic E-state index is 8.73. The van der Waals surface area contributed by atoms with Crippen molar-refractivity contribution < 1.29 is 0 Å². The van der Waals surface area contributed by atoms with Crippen molar-refractivity contribution in [3.63, 3.8) is 0 Å². The third-order valence-corrected chi connectivity index (χ3v) is 3.53. The molecule has 0 amide bonds. The maximum Gasteiger partial charge on any atom is 0.119 e. The van der Waals surface area contributed by atoms with Crippen LogP contribution in [0.5, 0.6) is 0 Å². The molecule has 0 aliphatic carbocycles. The van der Waals surface area contributed by atoms with Crippen LogP contribution in [0.1, 0.15) is 5.56 Å². The molecule has 14 heavy (non-hydrogen) atoms. The average Bonchev–Trinajstić information content (AvgIpc) is 2.71. The normalized spacial score (nSPS) is 10.0. The van der Waals surface area contributed by atoms with Crippen LogP contribution < -0.4 is 5.73 Å². The Labute approximate surface area is 93.3 Å². The Morgan fingerprint density at radius 2 is 2.29 bits per heavy atom. The lowest BCUT2D eigenvalue weighted by Gasteiger charge is -1.88. The van der Waals surface area contributed by atoms with E-state index < -0.39 is 0 Å². The van der Waals surface area contributed by atoms with E-state index in [9.17, 15) is 0 Å². The Balaban J connectivity index is 2.48. The Bertz CT molecular complexity index is 506. The van der Waals surface area contributed by atoms with Gasteiger partial charge in [0.15, 0.2) is 0 Å². The van der Waals surface area contributed by atoms with Crippen LogP contribution in [0.4, 0.5) is 5.82 Å². The van der Waals surface area contributed by atoms with Gasteiger partial charge in [0.05, 0.1) is 16.1 Å². The minimum absolute atomic E-state index is 0.423. The van der Waals surface area contributed by atoms with Crippen molar-refractivity contribution in [2.24, 2.45) is 0 Å². The van der Waals surface area contributed by atoms with Crippen molar-refractivity contribution in [3.8, 4) is 16.6 Å². The topological polar surface area (TPSA) is 65.6 Å². The molecule has 3 nitrogen and oxygen atoms in total. The zero-order chi connectivity index (χ0) is 10.1. The van der Waals surface area contributed by atoms with Crippen molar-refractivity contribution in [3.05, 3.63) is 27.5 Å². The standard InChI is InChI=1S/C9H6BrN3S/c10-6-2-8(14-4-6)7-1-5(3-11)9(12)13-7/h1-2,4,13H,12H2. The highest BCUT2D eigenvalue weighted by Crippen LogP contribution is 2.30. The summed E-state index contributed by atoms with van der Waals surface area (Å²) in [7, 11) is 0. The molecule has 2 aromatic rings. The molecule has 3 N–H and O–H groups in total. The van der Waals surface area contributed by atoms with Crippen LogP contribution in [0.15, 0.2) is 22.0 Å². The number of hydrogen-bond acceptors (Lipinski definition) is 3. The van der Waals surface area contributed by atoms with E-state index in [1.165, 1.54) is 0 Å². The summed E-state index contributed by atoms with van der Waals surface area (Å²) in [6.45, 7) is 0. The zero-order valence-corrected chi connectivity index (χ0v) is 9.45. The second-order valence-electron chi connectivity index (χ2n) is 2.75. The van der Waals surface area contributed by atoms with Crippen LogP contribution in [0.3, 0.4) is 0 Å². The van der Waals surface area contributed by atoms with Crippen LogP contribution in [-0.4, -0.2) is 4.98 Å². The summed E-state index contributed by atoms with van der Waals surface area (Å²) in [6.07, 6.45) is 0. The Hall–Kier alpha value is -1.25. The molecule has 0 aliphatic rings. The molecule has 70 valence electrons. The number of aromatic nitrogens is 1. The SMILES string of the molecule is N#Cc1cc(-c2cc(Br)cs2)[nH]c1N. The van der Waals surface area contributed by atoms with Crippen LogP contribution in [0.25, 0.3) is 10.6 Å². The molecule has 0 spiro atoms. The minimum atomic E-state index is 0.423. The zero-order valence-electron chi connectivity index (χ0n) is 7.04. The molecule has 0 aromatic carbocycles.